The Morgan fingerprint density at radius 1 is 1.28 bits per heavy atom. The van der Waals surface area contributed by atoms with E-state index in [1.165, 1.54) is 31.0 Å². The molecule has 1 amide bonds. The Hall–Kier alpha value is -3.07. The van der Waals surface area contributed by atoms with E-state index in [1.54, 1.807) is 6.92 Å². The van der Waals surface area contributed by atoms with Gasteiger partial charge in [0.15, 0.2) is 5.75 Å². The average molecular weight is 406 g/mol. The van der Waals surface area contributed by atoms with Crippen LogP contribution in [0.5, 0.6) is 5.75 Å². The molecule has 1 aromatic carbocycles. The zero-order chi connectivity index (χ0) is 21.3. The van der Waals surface area contributed by atoms with Crippen LogP contribution in [0.2, 0.25) is 0 Å². The summed E-state index contributed by atoms with van der Waals surface area (Å²) in [6, 6.07) is 2.98. The highest BCUT2D eigenvalue weighted by Crippen LogP contribution is 2.31. The number of nitrogens with one attached hydrogen (secondary N) is 1. The molecule has 7 nitrogen and oxygen atoms in total. The zero-order valence-corrected chi connectivity index (χ0v) is 16.2. The number of amides is 1. The Morgan fingerprint density at radius 2 is 2.00 bits per heavy atom. The molecule has 0 aliphatic carbocycles. The highest BCUT2D eigenvalue weighted by atomic mass is 19.1. The molecule has 0 fully saturated rings. The fourth-order valence-electron chi connectivity index (χ4n) is 3.23. The van der Waals surface area contributed by atoms with Gasteiger partial charge in [-0.2, -0.15) is 0 Å². The van der Waals surface area contributed by atoms with Crippen LogP contribution in [-0.2, 0) is 17.8 Å². The van der Waals surface area contributed by atoms with Crippen LogP contribution in [0.25, 0.3) is 0 Å². The van der Waals surface area contributed by atoms with Gasteiger partial charge in [0.05, 0.1) is 7.11 Å². The number of aromatic nitrogens is 1. The largest absolute Gasteiger partial charge is 0.491 e. The number of rotatable bonds is 5. The molecule has 0 bridgehead atoms. The molecule has 0 saturated heterocycles. The van der Waals surface area contributed by atoms with Crippen LogP contribution in [0.3, 0.4) is 0 Å². The molecule has 1 aromatic heterocycles. The Labute approximate surface area is 165 Å². The van der Waals surface area contributed by atoms with Gasteiger partial charge >= 0.3 is 0 Å². The van der Waals surface area contributed by atoms with E-state index >= 15 is 0 Å². The van der Waals surface area contributed by atoms with Gasteiger partial charge in [0.2, 0.25) is 11.2 Å². The Morgan fingerprint density at radius 3 is 2.62 bits per heavy atom. The molecule has 2 heterocycles. The smallest absolute Gasteiger partial charge is 0.257 e. The number of pyridine rings is 1. The number of fused-ring (bicyclic) bond motifs is 1. The van der Waals surface area contributed by atoms with Gasteiger partial charge in [0.25, 0.3) is 5.91 Å². The van der Waals surface area contributed by atoms with Crippen LogP contribution >= 0.6 is 0 Å². The van der Waals surface area contributed by atoms with Gasteiger partial charge in [-0.25, -0.2) is 8.78 Å². The van der Waals surface area contributed by atoms with Crippen molar-refractivity contribution in [3.63, 3.8) is 0 Å². The van der Waals surface area contributed by atoms with Crippen LogP contribution in [0.4, 0.5) is 8.78 Å². The van der Waals surface area contributed by atoms with Crippen LogP contribution in [0.1, 0.15) is 39.8 Å². The highest BCUT2D eigenvalue weighted by molar-refractivity contribution is 6.04. The Balaban J connectivity index is 1.94. The van der Waals surface area contributed by atoms with Crippen molar-refractivity contribution in [1.29, 1.82) is 0 Å². The first-order chi connectivity index (χ1) is 13.7. The predicted octanol–water partition coefficient (Wildman–Crippen LogP) is 2.06. The summed E-state index contributed by atoms with van der Waals surface area (Å²) in [6.07, 6.45) is 1.63. The number of benzene rings is 1. The van der Waals surface area contributed by atoms with E-state index in [0.717, 1.165) is 6.07 Å². The zero-order valence-electron chi connectivity index (χ0n) is 16.2. The summed E-state index contributed by atoms with van der Waals surface area (Å²) in [5.41, 5.74) is -2.00. The first-order valence-electron chi connectivity index (χ1n) is 8.85. The van der Waals surface area contributed by atoms with Crippen LogP contribution < -0.4 is 15.5 Å². The van der Waals surface area contributed by atoms with E-state index in [0.29, 0.717) is 19.0 Å². The van der Waals surface area contributed by atoms with Gasteiger partial charge < -0.3 is 19.4 Å². The quantitative estimate of drug-likeness (QED) is 0.822. The summed E-state index contributed by atoms with van der Waals surface area (Å²) < 4.78 is 38.7. The molecular weight excluding hydrogens is 386 g/mol. The Bertz CT molecular complexity index is 1050. The van der Waals surface area contributed by atoms with Crippen molar-refractivity contribution in [2.75, 3.05) is 14.2 Å². The van der Waals surface area contributed by atoms with Crippen LogP contribution in [0.15, 0.2) is 29.2 Å². The van der Waals surface area contributed by atoms with E-state index in [4.69, 9.17) is 9.47 Å². The minimum Gasteiger partial charge on any atom is -0.491 e. The van der Waals surface area contributed by atoms with Crippen molar-refractivity contribution >= 4 is 11.7 Å². The minimum absolute atomic E-state index is 0.0363. The van der Waals surface area contributed by atoms with Gasteiger partial charge in [-0.1, -0.05) is 6.07 Å². The third-order valence-corrected chi connectivity index (χ3v) is 5.12. The van der Waals surface area contributed by atoms with E-state index in [2.05, 4.69) is 5.32 Å². The summed E-state index contributed by atoms with van der Waals surface area (Å²) in [7, 11) is 2.65. The van der Waals surface area contributed by atoms with Crippen LogP contribution in [0, 0.1) is 11.6 Å². The lowest BCUT2D eigenvalue weighted by Gasteiger charge is -2.33. The second-order valence-electron chi connectivity index (χ2n) is 6.88. The number of methoxy groups -OCH3 is 2. The molecule has 154 valence electrons. The lowest BCUT2D eigenvalue weighted by Crippen LogP contribution is -2.45. The van der Waals surface area contributed by atoms with Crippen molar-refractivity contribution in [3.05, 3.63) is 63.1 Å². The van der Waals surface area contributed by atoms with Crippen LogP contribution in [-0.4, -0.2) is 36.1 Å². The van der Waals surface area contributed by atoms with Gasteiger partial charge in [-0.3, -0.25) is 14.4 Å². The monoisotopic (exact) mass is 406 g/mol. The molecule has 1 aliphatic rings. The standard InChI is InChI=1S/C20H20F2N2O5/c1-20(29-3)6-7-24-10-13(16(25)17(28-2)15(24)18(20)26)19(27)23-9-11-4-5-12(21)8-14(11)22/h4-5,8,10H,6-7,9H2,1-3H3,(H,23,27). The lowest BCUT2D eigenvalue weighted by molar-refractivity contribution is -0.000902. The maximum atomic E-state index is 13.7. The number of hydrogen-bond donors (Lipinski definition) is 1. The molecule has 2 aromatic rings. The third-order valence-electron chi connectivity index (χ3n) is 5.12. The summed E-state index contributed by atoms with van der Waals surface area (Å²) >= 11 is 0. The number of ketones is 1. The maximum absolute atomic E-state index is 13.7. The van der Waals surface area contributed by atoms with Gasteiger partial charge in [0, 0.05) is 44.4 Å². The summed E-state index contributed by atoms with van der Waals surface area (Å²) in [4.78, 5) is 38.1. The molecule has 0 saturated carbocycles. The first-order valence-corrected chi connectivity index (χ1v) is 8.85. The minimum atomic E-state index is -1.09. The molecule has 1 unspecified atom stereocenters. The molecular formula is C20H20F2N2O5. The average Bonchev–Trinajstić information content (AvgIpc) is 2.70. The molecule has 3 rings (SSSR count). The number of carbonyl (C=O) groups is 2. The lowest BCUT2D eigenvalue weighted by atomic mass is 9.89. The van der Waals surface area contributed by atoms with Crippen molar-refractivity contribution in [2.45, 2.75) is 32.0 Å². The SMILES string of the molecule is COc1c2n(cc(C(=O)NCc3ccc(F)cc3F)c1=O)CCC(C)(OC)C2=O. The maximum Gasteiger partial charge on any atom is 0.257 e. The number of nitrogens with zero attached hydrogens (tertiary/aromatic N) is 1. The van der Waals surface area contributed by atoms with Gasteiger partial charge in [-0.15, -0.1) is 0 Å². The number of hydrogen-bond acceptors (Lipinski definition) is 5. The van der Waals surface area contributed by atoms with Crippen molar-refractivity contribution in [1.82, 2.24) is 9.88 Å². The fraction of sp³-hybridized carbons (Fsp3) is 0.350. The molecule has 1 N–H and O–H groups in total. The van der Waals surface area contributed by atoms with Crippen molar-refractivity contribution in [3.8, 4) is 5.75 Å². The molecule has 1 atom stereocenters. The normalized spacial score (nSPS) is 18.3. The number of aryl methyl sites for hydroxylation is 1. The van der Waals surface area contributed by atoms with Crippen molar-refractivity contribution in [2.24, 2.45) is 0 Å². The summed E-state index contributed by atoms with van der Waals surface area (Å²) in [5.74, 6) is -2.98. The third kappa shape index (κ3) is 3.65. The fourth-order valence-corrected chi connectivity index (χ4v) is 3.23. The number of halogens is 2. The topological polar surface area (TPSA) is 86.6 Å². The molecule has 29 heavy (non-hydrogen) atoms. The predicted molar refractivity (Wildman–Crippen MR) is 99.1 cm³/mol. The van der Waals surface area contributed by atoms with Gasteiger partial charge in [-0.05, 0) is 13.0 Å². The number of ether oxygens (including phenoxy) is 2. The molecule has 9 heteroatoms. The van der Waals surface area contributed by atoms with E-state index in [9.17, 15) is 23.2 Å². The number of carbonyl (C=O) groups excluding carboxylic acids is 2. The van der Waals surface area contributed by atoms with E-state index in [1.807, 2.05) is 0 Å². The summed E-state index contributed by atoms with van der Waals surface area (Å²) in [6.45, 7) is 1.71. The molecule has 0 radical (unpaired) electrons. The summed E-state index contributed by atoms with van der Waals surface area (Å²) in [5, 5.41) is 2.43. The Kier molecular flexibility index (Phi) is 5.52. The van der Waals surface area contributed by atoms with E-state index < -0.39 is 34.4 Å². The second kappa shape index (κ2) is 7.75. The van der Waals surface area contributed by atoms with E-state index in [-0.39, 0.29) is 29.1 Å². The number of Topliss-reactive ketones (excluding diaryl/α,β-unsaturated/α-hetero) is 1. The second-order valence-corrected chi connectivity index (χ2v) is 6.88. The van der Waals surface area contributed by atoms with Crippen molar-refractivity contribution < 1.29 is 27.8 Å². The molecule has 0 spiro atoms. The first kappa shape index (κ1) is 20.7. The molecule has 1 aliphatic heterocycles. The van der Waals surface area contributed by atoms with Gasteiger partial charge in [0.1, 0.15) is 28.5 Å². The highest BCUT2D eigenvalue weighted by Gasteiger charge is 2.41.